The zero-order valence-corrected chi connectivity index (χ0v) is 7.01. The lowest BCUT2D eigenvalue weighted by Crippen LogP contribution is -2.27. The molecule has 1 aliphatic heterocycles. The van der Waals surface area contributed by atoms with E-state index in [0.717, 1.165) is 0 Å². The van der Waals surface area contributed by atoms with E-state index in [2.05, 4.69) is 10.3 Å². The van der Waals surface area contributed by atoms with Gasteiger partial charge in [0.15, 0.2) is 0 Å². The summed E-state index contributed by atoms with van der Waals surface area (Å²) in [5.74, 6) is -1.05. The minimum atomic E-state index is -3.02. The molecule has 1 aromatic rings. The maximum atomic E-state index is 12.1. The van der Waals surface area contributed by atoms with Crippen molar-refractivity contribution in [3.63, 3.8) is 0 Å². The van der Waals surface area contributed by atoms with Gasteiger partial charge >= 0.3 is 0 Å². The molecule has 3 heteroatoms. The van der Waals surface area contributed by atoms with Gasteiger partial charge in [0.25, 0.3) is 0 Å². The van der Waals surface area contributed by atoms with Crippen LogP contribution in [0.2, 0.25) is 0 Å². The average Bonchev–Trinajstić information content (AvgIpc) is 2.48. The molecule has 68 valence electrons. The van der Waals surface area contributed by atoms with Gasteiger partial charge in [0.2, 0.25) is 5.91 Å². The Bertz CT molecular complexity index is 534. The van der Waals surface area contributed by atoms with Gasteiger partial charge in [-0.3, -0.25) is 9.78 Å². The molecule has 0 saturated carbocycles. The second-order valence-corrected chi connectivity index (χ2v) is 3.05. The number of amides is 1. The van der Waals surface area contributed by atoms with E-state index < -0.39 is 25.0 Å². The number of fused-ring (bicyclic) bond motifs is 1. The fraction of sp³-hybridized carbons (Fsp3) is 0.400. The number of aryl methyl sites for hydroxylation is 1. The van der Waals surface area contributed by atoms with E-state index in [9.17, 15) is 4.79 Å². The molecule has 2 heterocycles. The van der Waals surface area contributed by atoms with Crippen LogP contribution in [0.4, 0.5) is 5.69 Å². The van der Waals surface area contributed by atoms with E-state index in [1.165, 1.54) is 6.07 Å². The van der Waals surface area contributed by atoms with Crippen molar-refractivity contribution < 1.29 is 13.0 Å². The maximum absolute atomic E-state index is 12.1. The highest BCUT2D eigenvalue weighted by atomic mass is 16.2. The van der Waals surface area contributed by atoms with Crippen LogP contribution in [0.1, 0.15) is 33.3 Å². The number of pyridine rings is 1. The van der Waals surface area contributed by atoms with Crippen molar-refractivity contribution >= 4 is 11.6 Å². The van der Waals surface area contributed by atoms with Crippen LogP contribution in [-0.2, 0) is 10.2 Å². The fourth-order valence-corrected chi connectivity index (χ4v) is 1.27. The molecule has 0 spiro atoms. The molecule has 13 heavy (non-hydrogen) atoms. The summed E-state index contributed by atoms with van der Waals surface area (Å²) in [6.07, 6.45) is 0. The second kappa shape index (κ2) is 2.31. The number of carbonyl (C=O) groups excluding carboxylic acids is 1. The number of hydrogen-bond acceptors (Lipinski definition) is 2. The minimum absolute atomic E-state index is 0.142. The summed E-state index contributed by atoms with van der Waals surface area (Å²) in [6.45, 7) is -4.43. The molecule has 1 N–H and O–H groups in total. The fourth-order valence-electron chi connectivity index (χ4n) is 1.27. The van der Waals surface area contributed by atoms with E-state index >= 15 is 0 Å². The molecule has 1 aromatic heterocycles. The largest absolute Gasteiger partial charge is 0.324 e. The third kappa shape index (κ3) is 1.03. The van der Waals surface area contributed by atoms with Crippen LogP contribution in [0.15, 0.2) is 12.1 Å². The molecule has 0 saturated heterocycles. The van der Waals surface area contributed by atoms with E-state index in [4.69, 9.17) is 8.22 Å². The summed E-state index contributed by atoms with van der Waals surface area (Å²) in [7, 11) is 0. The molecule has 2 rings (SSSR count). The van der Waals surface area contributed by atoms with Crippen molar-refractivity contribution in [2.45, 2.75) is 26.0 Å². The second-order valence-electron chi connectivity index (χ2n) is 3.05. The van der Waals surface area contributed by atoms with E-state index in [1.807, 2.05) is 0 Å². The Morgan fingerprint density at radius 3 is 3.00 bits per heavy atom. The minimum Gasteiger partial charge on any atom is -0.324 e. The van der Waals surface area contributed by atoms with Crippen LogP contribution in [0.3, 0.4) is 0 Å². The van der Waals surface area contributed by atoms with Gasteiger partial charge < -0.3 is 5.32 Å². The monoisotopic (exact) mass is 182 g/mol. The molecule has 0 bridgehead atoms. The molecular weight excluding hydrogens is 164 g/mol. The number of anilines is 1. The summed E-state index contributed by atoms with van der Waals surface area (Å²) in [5.41, 5.74) is -2.24. The first-order chi connectivity index (χ1) is 8.51. The highest BCUT2D eigenvalue weighted by Crippen LogP contribution is 2.35. The van der Waals surface area contributed by atoms with Crippen LogP contribution >= 0.6 is 0 Å². The van der Waals surface area contributed by atoms with Gasteiger partial charge in [-0.05, 0) is 32.8 Å². The topological polar surface area (TPSA) is 42.0 Å². The Labute approximate surface area is 85.6 Å². The number of nitrogens with one attached hydrogen (secondary N) is 1. The number of hydrogen-bond donors (Lipinski definition) is 1. The first-order valence-electron chi connectivity index (χ1n) is 6.81. The van der Waals surface area contributed by atoms with Gasteiger partial charge in [-0.1, -0.05) is 0 Å². The van der Waals surface area contributed by atoms with Crippen molar-refractivity contribution in [2.24, 2.45) is 0 Å². The molecule has 0 radical (unpaired) electrons. The Kier molecular flexibility index (Phi) is 0.672. The third-order valence-corrected chi connectivity index (χ3v) is 1.98. The zero-order chi connectivity index (χ0) is 14.6. The number of nitrogens with zero attached hydrogens (tertiary/aromatic N) is 1. The average molecular weight is 182 g/mol. The smallest absolute Gasteiger partial charge is 0.236 e. The molecule has 0 atom stereocenters. The Balaban J connectivity index is 2.84. The van der Waals surface area contributed by atoms with Crippen LogP contribution in [-0.4, -0.2) is 10.9 Å². The summed E-state index contributed by atoms with van der Waals surface area (Å²) in [5, 5.41) is 2.31. The van der Waals surface area contributed by atoms with Crippen molar-refractivity contribution in [2.75, 3.05) is 5.32 Å². The highest BCUT2D eigenvalue weighted by molar-refractivity contribution is 6.04. The summed E-state index contributed by atoms with van der Waals surface area (Å²) >= 11 is 0. The van der Waals surface area contributed by atoms with Gasteiger partial charge in [-0.2, -0.15) is 0 Å². The van der Waals surface area contributed by atoms with Gasteiger partial charge in [0.05, 0.1) is 16.8 Å². The highest BCUT2D eigenvalue weighted by Gasteiger charge is 2.39. The van der Waals surface area contributed by atoms with E-state index in [0.29, 0.717) is 5.69 Å². The summed E-state index contributed by atoms with van der Waals surface area (Å²) < 4.78 is 45.2. The number of aromatic nitrogens is 1. The van der Waals surface area contributed by atoms with Gasteiger partial charge in [-0.15, -0.1) is 0 Å². The van der Waals surface area contributed by atoms with Gasteiger partial charge in [0, 0.05) is 13.9 Å². The third-order valence-electron chi connectivity index (χ3n) is 1.98. The molecule has 0 unspecified atom stereocenters. The van der Waals surface area contributed by atoms with Crippen molar-refractivity contribution in [1.29, 1.82) is 0 Å². The molecule has 0 aliphatic carbocycles. The van der Waals surface area contributed by atoms with E-state index in [-0.39, 0.29) is 11.4 Å². The van der Waals surface area contributed by atoms with E-state index in [1.54, 1.807) is 13.0 Å². The quantitative estimate of drug-likeness (QED) is 0.662. The first kappa shape index (κ1) is 3.78. The molecule has 1 amide bonds. The number of carbonyl (C=O) groups is 1. The predicted octanol–water partition coefficient (Wildman–Crippen LogP) is 1.62. The molecule has 0 fully saturated rings. The lowest BCUT2D eigenvalue weighted by Gasteiger charge is -2.13. The Morgan fingerprint density at radius 2 is 2.31 bits per heavy atom. The first-order valence-corrected chi connectivity index (χ1v) is 3.81. The van der Waals surface area contributed by atoms with Crippen LogP contribution in [0.25, 0.3) is 0 Å². The van der Waals surface area contributed by atoms with Crippen LogP contribution < -0.4 is 5.32 Å². The SMILES string of the molecule is [2H]C([2H])([2H])C1(C([2H])([2H])[2H])C(=O)Nc2ccc(C)nc21. The summed E-state index contributed by atoms with van der Waals surface area (Å²) in [4.78, 5) is 16.1. The number of rotatable bonds is 0. The maximum Gasteiger partial charge on any atom is 0.236 e. The molecular formula is C10H12N2O. The van der Waals surface area contributed by atoms with Crippen molar-refractivity contribution in [3.05, 3.63) is 23.5 Å². The van der Waals surface area contributed by atoms with Gasteiger partial charge in [-0.25, -0.2) is 0 Å². The van der Waals surface area contributed by atoms with Crippen molar-refractivity contribution in [3.8, 4) is 0 Å². The lowest BCUT2D eigenvalue weighted by molar-refractivity contribution is -0.119. The van der Waals surface area contributed by atoms with Gasteiger partial charge in [0.1, 0.15) is 0 Å². The molecule has 0 aromatic carbocycles. The Hall–Kier alpha value is -1.38. The summed E-state index contributed by atoms with van der Waals surface area (Å²) in [6, 6.07) is 3.04. The molecule has 3 nitrogen and oxygen atoms in total. The van der Waals surface area contributed by atoms with Crippen LogP contribution in [0.5, 0.6) is 0 Å². The zero-order valence-electron chi connectivity index (χ0n) is 13.0. The standard InChI is InChI=1S/C10H12N2O/c1-6-4-5-7-8(11-6)10(2,3)9(13)12-7/h4-5H,1-3H3,(H,12,13)/i2D3,3D3. The lowest BCUT2D eigenvalue weighted by atomic mass is 9.90. The van der Waals surface area contributed by atoms with Crippen molar-refractivity contribution in [1.82, 2.24) is 4.98 Å². The van der Waals surface area contributed by atoms with Crippen LogP contribution in [0, 0.1) is 6.92 Å². The molecule has 1 aliphatic rings. The normalized spacial score (nSPS) is 27.0. The predicted molar refractivity (Wildman–Crippen MR) is 50.6 cm³/mol. The Morgan fingerprint density at radius 1 is 1.54 bits per heavy atom.